The Kier molecular flexibility index (Phi) is 2.67. The number of carboxylic acids is 1. The Morgan fingerprint density at radius 2 is 2.19 bits per heavy atom. The summed E-state index contributed by atoms with van der Waals surface area (Å²) < 4.78 is 1.56. The summed E-state index contributed by atoms with van der Waals surface area (Å²) >= 11 is 1.58. The maximum atomic E-state index is 11.4. The Hall–Kier alpha value is -1.43. The first kappa shape index (κ1) is 11.1. The largest absolute Gasteiger partial charge is 0.477 e. The zero-order chi connectivity index (χ0) is 11.9. The molecular formula is C10H12N2O3S. The van der Waals surface area contributed by atoms with E-state index in [4.69, 9.17) is 5.11 Å². The zero-order valence-corrected chi connectivity index (χ0v) is 9.87. The van der Waals surface area contributed by atoms with Crippen LogP contribution in [0.5, 0.6) is 0 Å². The summed E-state index contributed by atoms with van der Waals surface area (Å²) in [5.41, 5.74) is 0.214. The van der Waals surface area contributed by atoms with Crippen molar-refractivity contribution in [1.82, 2.24) is 4.57 Å². The molecule has 0 saturated carbocycles. The summed E-state index contributed by atoms with van der Waals surface area (Å²) in [5, 5.41) is 9.01. The van der Waals surface area contributed by atoms with E-state index in [1.807, 2.05) is 0 Å². The highest BCUT2D eigenvalue weighted by Crippen LogP contribution is 2.37. The Bertz CT molecular complexity index is 467. The summed E-state index contributed by atoms with van der Waals surface area (Å²) in [5.74, 6) is 0.470. The van der Waals surface area contributed by atoms with Crippen LogP contribution in [0, 0.1) is 0 Å². The van der Waals surface area contributed by atoms with Crippen molar-refractivity contribution < 1.29 is 14.7 Å². The van der Waals surface area contributed by atoms with Crippen molar-refractivity contribution in [3.8, 4) is 0 Å². The molecule has 0 bridgehead atoms. The van der Waals surface area contributed by atoms with Crippen LogP contribution in [0.2, 0.25) is 0 Å². The molecule has 0 spiro atoms. The van der Waals surface area contributed by atoms with Gasteiger partial charge in [0.05, 0.1) is 4.90 Å². The lowest BCUT2D eigenvalue weighted by Gasteiger charge is -2.26. The highest BCUT2D eigenvalue weighted by Gasteiger charge is 2.27. The van der Waals surface area contributed by atoms with E-state index in [0.717, 1.165) is 10.6 Å². The van der Waals surface area contributed by atoms with Gasteiger partial charge in [-0.15, -0.1) is 11.8 Å². The van der Waals surface area contributed by atoms with Crippen LogP contribution in [0.1, 0.15) is 17.4 Å². The molecule has 0 atom stereocenters. The van der Waals surface area contributed by atoms with Crippen LogP contribution in [0.25, 0.3) is 0 Å². The third-order valence-corrected chi connectivity index (χ3v) is 3.59. The van der Waals surface area contributed by atoms with Crippen LogP contribution in [0.4, 0.5) is 5.82 Å². The predicted octanol–water partition coefficient (Wildman–Crippen LogP) is 1.18. The van der Waals surface area contributed by atoms with Gasteiger partial charge in [-0.2, -0.15) is 0 Å². The minimum absolute atomic E-state index is 0.0558. The van der Waals surface area contributed by atoms with E-state index in [1.165, 1.54) is 6.92 Å². The number of amides is 1. The molecular weight excluding hydrogens is 228 g/mol. The van der Waals surface area contributed by atoms with Gasteiger partial charge in [0.25, 0.3) is 0 Å². The molecule has 0 radical (unpaired) electrons. The van der Waals surface area contributed by atoms with E-state index in [0.29, 0.717) is 12.4 Å². The minimum Gasteiger partial charge on any atom is -0.477 e. The van der Waals surface area contributed by atoms with Gasteiger partial charge in [-0.25, -0.2) is 4.79 Å². The van der Waals surface area contributed by atoms with Crippen molar-refractivity contribution in [1.29, 1.82) is 0 Å². The van der Waals surface area contributed by atoms with Crippen molar-refractivity contribution in [2.75, 3.05) is 17.2 Å². The molecule has 0 unspecified atom stereocenters. The van der Waals surface area contributed by atoms with Crippen LogP contribution < -0.4 is 4.90 Å². The SMILES string of the molecule is CC(=O)N1CCSc2cc(C(=O)O)n(C)c21. The first-order valence-electron chi connectivity index (χ1n) is 4.86. The van der Waals surface area contributed by atoms with E-state index in [-0.39, 0.29) is 11.6 Å². The topological polar surface area (TPSA) is 62.5 Å². The molecule has 2 rings (SSSR count). The number of rotatable bonds is 1. The molecule has 1 amide bonds. The fourth-order valence-electron chi connectivity index (χ4n) is 1.85. The molecule has 1 aromatic heterocycles. The number of carboxylic acid groups (broad SMARTS) is 1. The van der Waals surface area contributed by atoms with Gasteiger partial charge in [-0.1, -0.05) is 0 Å². The average Bonchev–Trinajstić information content (AvgIpc) is 2.56. The molecule has 0 aliphatic carbocycles. The summed E-state index contributed by atoms with van der Waals surface area (Å²) in [6.07, 6.45) is 0. The van der Waals surface area contributed by atoms with E-state index in [2.05, 4.69) is 0 Å². The van der Waals surface area contributed by atoms with Crippen LogP contribution in [0.15, 0.2) is 11.0 Å². The van der Waals surface area contributed by atoms with E-state index in [9.17, 15) is 9.59 Å². The second-order valence-electron chi connectivity index (χ2n) is 3.60. The van der Waals surface area contributed by atoms with Gasteiger partial charge in [0.1, 0.15) is 11.5 Å². The summed E-state index contributed by atoms with van der Waals surface area (Å²) in [7, 11) is 1.67. The summed E-state index contributed by atoms with van der Waals surface area (Å²) in [6, 6.07) is 1.62. The van der Waals surface area contributed by atoms with Gasteiger partial charge in [0, 0.05) is 26.3 Å². The molecule has 1 aliphatic heterocycles. The number of hydrogen-bond acceptors (Lipinski definition) is 3. The fourth-order valence-corrected chi connectivity index (χ4v) is 2.91. The molecule has 2 heterocycles. The van der Waals surface area contributed by atoms with Crippen molar-refractivity contribution in [2.24, 2.45) is 7.05 Å². The quantitative estimate of drug-likeness (QED) is 0.800. The molecule has 0 aromatic carbocycles. The Morgan fingerprint density at radius 3 is 2.75 bits per heavy atom. The molecule has 1 N–H and O–H groups in total. The molecule has 16 heavy (non-hydrogen) atoms. The normalized spacial score (nSPS) is 14.8. The van der Waals surface area contributed by atoms with Gasteiger partial charge >= 0.3 is 5.97 Å². The van der Waals surface area contributed by atoms with Crippen LogP contribution in [-0.4, -0.2) is 33.8 Å². The fraction of sp³-hybridized carbons (Fsp3) is 0.400. The highest BCUT2D eigenvalue weighted by molar-refractivity contribution is 7.99. The molecule has 0 fully saturated rings. The van der Waals surface area contributed by atoms with Crippen molar-refractivity contribution >= 4 is 29.5 Å². The lowest BCUT2D eigenvalue weighted by Crippen LogP contribution is -2.34. The Morgan fingerprint density at radius 1 is 1.50 bits per heavy atom. The lowest BCUT2D eigenvalue weighted by atomic mass is 10.4. The molecule has 0 saturated heterocycles. The van der Waals surface area contributed by atoms with E-state index in [1.54, 1.807) is 34.3 Å². The first-order valence-corrected chi connectivity index (χ1v) is 5.85. The van der Waals surface area contributed by atoms with Gasteiger partial charge < -0.3 is 9.67 Å². The Labute approximate surface area is 97.0 Å². The number of aromatic carboxylic acids is 1. The maximum Gasteiger partial charge on any atom is 0.352 e. The smallest absolute Gasteiger partial charge is 0.352 e. The first-order chi connectivity index (χ1) is 7.52. The van der Waals surface area contributed by atoms with Crippen molar-refractivity contribution in [2.45, 2.75) is 11.8 Å². The second kappa shape index (κ2) is 3.86. The molecule has 1 aliphatic rings. The third kappa shape index (κ3) is 1.59. The molecule has 6 heteroatoms. The van der Waals surface area contributed by atoms with Gasteiger partial charge in [-0.3, -0.25) is 9.69 Å². The number of thioether (sulfide) groups is 1. The van der Waals surface area contributed by atoms with Gasteiger partial charge in [0.15, 0.2) is 0 Å². The van der Waals surface area contributed by atoms with Crippen LogP contribution in [-0.2, 0) is 11.8 Å². The van der Waals surface area contributed by atoms with Crippen molar-refractivity contribution in [3.05, 3.63) is 11.8 Å². The average molecular weight is 240 g/mol. The second-order valence-corrected chi connectivity index (χ2v) is 4.74. The molecule has 5 nitrogen and oxygen atoms in total. The maximum absolute atomic E-state index is 11.4. The zero-order valence-electron chi connectivity index (χ0n) is 9.06. The number of fused-ring (bicyclic) bond motifs is 1. The van der Waals surface area contributed by atoms with E-state index < -0.39 is 5.97 Å². The standard InChI is InChI=1S/C10H12N2O3S/c1-6(13)12-3-4-16-8-5-7(10(14)15)11(2)9(8)12/h5H,3-4H2,1-2H3,(H,14,15). The third-order valence-electron chi connectivity index (χ3n) is 2.59. The summed E-state index contributed by atoms with van der Waals surface area (Å²) in [4.78, 5) is 24.9. The lowest BCUT2D eigenvalue weighted by molar-refractivity contribution is -0.116. The minimum atomic E-state index is -0.971. The number of hydrogen-bond donors (Lipinski definition) is 1. The van der Waals surface area contributed by atoms with Crippen LogP contribution >= 0.6 is 11.8 Å². The van der Waals surface area contributed by atoms with Gasteiger partial charge in [0.2, 0.25) is 5.91 Å². The predicted molar refractivity (Wildman–Crippen MR) is 61.1 cm³/mol. The number of carbonyl (C=O) groups is 2. The Balaban J connectivity index is 2.55. The number of aromatic nitrogens is 1. The van der Waals surface area contributed by atoms with Crippen LogP contribution in [0.3, 0.4) is 0 Å². The number of nitrogens with zero attached hydrogens (tertiary/aromatic N) is 2. The summed E-state index contributed by atoms with van der Waals surface area (Å²) in [6.45, 7) is 2.12. The number of anilines is 1. The van der Waals surface area contributed by atoms with Crippen molar-refractivity contribution in [3.63, 3.8) is 0 Å². The van der Waals surface area contributed by atoms with E-state index >= 15 is 0 Å². The monoisotopic (exact) mass is 240 g/mol. The number of carbonyl (C=O) groups excluding carboxylic acids is 1. The highest BCUT2D eigenvalue weighted by atomic mass is 32.2. The molecule has 1 aromatic rings. The van der Waals surface area contributed by atoms with Gasteiger partial charge in [-0.05, 0) is 6.07 Å². The molecule has 86 valence electrons.